The van der Waals surface area contributed by atoms with Crippen LogP contribution < -0.4 is 4.57 Å². The Balaban J connectivity index is 2.38. The van der Waals surface area contributed by atoms with Crippen LogP contribution in [0.25, 0.3) is 0 Å². The van der Waals surface area contributed by atoms with Crippen LogP contribution in [0.1, 0.15) is 123 Å². The molecule has 0 saturated heterocycles. The Morgan fingerprint density at radius 2 is 1.19 bits per heavy atom. The van der Waals surface area contributed by atoms with Gasteiger partial charge in [0.2, 0.25) is 0 Å². The zero-order valence-electron chi connectivity index (χ0n) is 18.3. The van der Waals surface area contributed by atoms with Gasteiger partial charge in [-0.3, -0.25) is 0 Å². The molecule has 26 heavy (non-hydrogen) atoms. The molecule has 0 atom stereocenters. The lowest BCUT2D eigenvalue weighted by atomic mass is 10.1. The maximum absolute atomic E-state index is 2.56. The van der Waals surface area contributed by atoms with Crippen LogP contribution >= 0.6 is 0 Å². The van der Waals surface area contributed by atoms with Gasteiger partial charge >= 0.3 is 0 Å². The van der Waals surface area contributed by atoms with E-state index in [-0.39, 0.29) is 0 Å². The van der Waals surface area contributed by atoms with E-state index in [0.717, 1.165) is 0 Å². The highest BCUT2D eigenvalue weighted by atomic mass is 15.1. The van der Waals surface area contributed by atoms with Gasteiger partial charge in [0, 0.05) is 6.42 Å². The molecule has 0 amide bonds. The van der Waals surface area contributed by atoms with E-state index in [0.29, 0.717) is 0 Å². The summed E-state index contributed by atoms with van der Waals surface area (Å²) in [6.45, 7) is 9.31. The van der Waals surface area contributed by atoms with Gasteiger partial charge in [0.15, 0.2) is 0 Å². The second kappa shape index (κ2) is 16.4. The smallest absolute Gasteiger partial charge is 0.234 e. The molecule has 0 aliphatic carbocycles. The minimum atomic E-state index is 1.20. The lowest BCUT2D eigenvalue weighted by Gasteiger charge is -2.06. The Morgan fingerprint density at radius 3 is 1.81 bits per heavy atom. The van der Waals surface area contributed by atoms with Gasteiger partial charge in [-0.2, -0.15) is 0 Å². The summed E-state index contributed by atoms with van der Waals surface area (Å²) in [4.78, 5) is 0. The normalized spacial score (nSPS) is 11.3. The summed E-state index contributed by atoms with van der Waals surface area (Å²) in [5, 5.41) is 0. The van der Waals surface area contributed by atoms with Gasteiger partial charge in [-0.05, 0) is 25.7 Å². The number of hydrogen-bond acceptors (Lipinski definition) is 0. The van der Waals surface area contributed by atoms with Gasteiger partial charge in [0.1, 0.15) is 12.4 Å². The van der Waals surface area contributed by atoms with E-state index >= 15 is 0 Å². The Kier molecular flexibility index (Phi) is 14.7. The maximum Gasteiger partial charge on any atom is 0.256 e. The topological polar surface area (TPSA) is 8.81 Å². The lowest BCUT2D eigenvalue weighted by Crippen LogP contribution is -2.37. The summed E-state index contributed by atoms with van der Waals surface area (Å²) < 4.78 is 5.10. The van der Waals surface area contributed by atoms with Crippen LogP contribution in [0.3, 0.4) is 0 Å². The third-order valence-electron chi connectivity index (χ3n) is 5.60. The van der Waals surface area contributed by atoms with E-state index in [1.54, 1.807) is 5.82 Å². The van der Waals surface area contributed by atoms with E-state index in [9.17, 15) is 0 Å². The minimum absolute atomic E-state index is 1.20. The maximum atomic E-state index is 2.56. The minimum Gasteiger partial charge on any atom is -0.234 e. The lowest BCUT2D eigenvalue weighted by molar-refractivity contribution is -0.704. The van der Waals surface area contributed by atoms with Crippen LogP contribution in [-0.4, -0.2) is 4.57 Å². The van der Waals surface area contributed by atoms with Gasteiger partial charge in [-0.15, -0.1) is 0 Å². The van der Waals surface area contributed by atoms with Crippen molar-refractivity contribution in [2.24, 2.45) is 0 Å². The van der Waals surface area contributed by atoms with Crippen molar-refractivity contribution in [2.45, 2.75) is 137 Å². The number of nitrogens with zero attached hydrogens (tertiary/aromatic N) is 2. The predicted octanol–water partition coefficient (Wildman–Crippen LogP) is 7.23. The summed E-state index contributed by atoms with van der Waals surface area (Å²) in [5.41, 5.74) is 0. The average molecular weight is 364 g/mol. The number of aromatic nitrogens is 2. The van der Waals surface area contributed by atoms with Crippen molar-refractivity contribution in [3.05, 3.63) is 18.2 Å². The van der Waals surface area contributed by atoms with Crippen LogP contribution in [0.4, 0.5) is 0 Å². The molecule has 0 aromatic carbocycles. The molecule has 1 heterocycles. The molecule has 0 N–H and O–H groups in total. The van der Waals surface area contributed by atoms with E-state index in [4.69, 9.17) is 0 Å². The first-order valence-electron chi connectivity index (χ1n) is 11.9. The highest BCUT2D eigenvalue weighted by Crippen LogP contribution is 2.11. The van der Waals surface area contributed by atoms with E-state index in [1.165, 1.54) is 116 Å². The van der Waals surface area contributed by atoms with Gasteiger partial charge in [0.05, 0.1) is 13.1 Å². The van der Waals surface area contributed by atoms with Gasteiger partial charge in [0.25, 0.3) is 5.82 Å². The summed E-state index contributed by atoms with van der Waals surface area (Å²) in [7, 11) is 0. The number of rotatable bonds is 18. The van der Waals surface area contributed by atoms with Crippen LogP contribution in [0.2, 0.25) is 0 Å². The molecule has 2 nitrogen and oxygen atoms in total. The molecule has 0 aliphatic rings. The number of hydrogen-bond donors (Lipinski definition) is 0. The van der Waals surface area contributed by atoms with Crippen molar-refractivity contribution in [3.8, 4) is 0 Å². The highest BCUT2D eigenvalue weighted by Gasteiger charge is 2.16. The molecule has 1 aromatic rings. The first-order valence-corrected chi connectivity index (χ1v) is 11.9. The molecule has 0 unspecified atom stereocenters. The zero-order chi connectivity index (χ0) is 18.9. The molecule has 0 bridgehead atoms. The van der Waals surface area contributed by atoms with Crippen molar-refractivity contribution < 1.29 is 4.57 Å². The molecule has 0 radical (unpaired) electrons. The Labute approximate surface area is 164 Å². The molecule has 0 spiro atoms. The molecule has 2 heteroatoms. The molecule has 0 fully saturated rings. The Morgan fingerprint density at radius 1 is 0.654 bits per heavy atom. The van der Waals surface area contributed by atoms with Crippen molar-refractivity contribution in [2.75, 3.05) is 0 Å². The first kappa shape index (κ1) is 23.2. The second-order valence-electron chi connectivity index (χ2n) is 8.09. The quantitative estimate of drug-likeness (QED) is 0.192. The molecular formula is C24H47N2+. The van der Waals surface area contributed by atoms with Crippen LogP contribution in [0.15, 0.2) is 12.4 Å². The molecule has 1 aromatic heterocycles. The standard InChI is InChI=1S/C24H47N2/c1-4-7-10-12-14-15-17-19-24-25(20-9-6-3)22-23-26(24)21-18-16-13-11-8-5-2/h22-23H,4-21H2,1-3H3/q+1. The van der Waals surface area contributed by atoms with Crippen molar-refractivity contribution >= 4 is 0 Å². The van der Waals surface area contributed by atoms with Gasteiger partial charge < -0.3 is 0 Å². The number of aryl methyl sites for hydroxylation is 2. The molecule has 1 rings (SSSR count). The first-order chi connectivity index (χ1) is 12.8. The predicted molar refractivity (Wildman–Crippen MR) is 115 cm³/mol. The van der Waals surface area contributed by atoms with Gasteiger partial charge in [-0.25, -0.2) is 9.13 Å². The third kappa shape index (κ3) is 10.4. The van der Waals surface area contributed by atoms with Crippen molar-refractivity contribution in [1.82, 2.24) is 4.57 Å². The second-order valence-corrected chi connectivity index (χ2v) is 8.09. The Hall–Kier alpha value is -0.790. The largest absolute Gasteiger partial charge is 0.256 e. The SMILES string of the molecule is CCCCCCCCCc1n(CCCCCCCC)cc[n+]1CCCC. The van der Waals surface area contributed by atoms with Crippen LogP contribution in [0, 0.1) is 0 Å². The van der Waals surface area contributed by atoms with Crippen molar-refractivity contribution in [3.63, 3.8) is 0 Å². The summed E-state index contributed by atoms with van der Waals surface area (Å²) >= 11 is 0. The monoisotopic (exact) mass is 363 g/mol. The van der Waals surface area contributed by atoms with E-state index in [1.807, 2.05) is 0 Å². The van der Waals surface area contributed by atoms with E-state index in [2.05, 4.69) is 42.3 Å². The third-order valence-corrected chi connectivity index (χ3v) is 5.60. The fourth-order valence-corrected chi connectivity index (χ4v) is 3.82. The Bertz CT molecular complexity index is 422. The van der Waals surface area contributed by atoms with Crippen LogP contribution in [0.5, 0.6) is 0 Å². The highest BCUT2D eigenvalue weighted by molar-refractivity contribution is 4.84. The average Bonchev–Trinajstić information content (AvgIpc) is 3.04. The molecule has 0 aliphatic heterocycles. The zero-order valence-corrected chi connectivity index (χ0v) is 18.3. The number of imidazole rings is 1. The molecule has 152 valence electrons. The summed E-state index contributed by atoms with van der Waals surface area (Å²) in [6, 6.07) is 0. The van der Waals surface area contributed by atoms with Crippen LogP contribution in [-0.2, 0) is 19.5 Å². The molecular weight excluding hydrogens is 316 g/mol. The van der Waals surface area contributed by atoms with E-state index < -0.39 is 0 Å². The number of unbranched alkanes of at least 4 members (excludes halogenated alkanes) is 12. The van der Waals surface area contributed by atoms with Gasteiger partial charge in [-0.1, -0.05) is 91.4 Å². The summed E-state index contributed by atoms with van der Waals surface area (Å²) in [5.74, 6) is 1.58. The van der Waals surface area contributed by atoms with Crippen molar-refractivity contribution in [1.29, 1.82) is 0 Å². The summed E-state index contributed by atoms with van der Waals surface area (Å²) in [6.07, 6.45) is 26.7. The molecule has 0 saturated carbocycles. The fourth-order valence-electron chi connectivity index (χ4n) is 3.82. The fraction of sp³-hybridized carbons (Fsp3) is 0.875.